The number of ether oxygens (including phenoxy) is 2. The number of rotatable bonds is 10. The number of carbonyl (C=O) groups is 2. The molecule has 10 heteroatoms. The molecule has 0 saturated carbocycles. The lowest BCUT2D eigenvalue weighted by molar-refractivity contribution is -0.137. The third-order valence-corrected chi connectivity index (χ3v) is 5.13. The Labute approximate surface area is 208 Å². The molecule has 180 valence electrons. The number of aliphatic carboxylic acids is 1. The Kier molecular flexibility index (Phi) is 12.9. The Morgan fingerprint density at radius 3 is 2.21 bits per heavy atom. The monoisotopic (exact) mass is 539 g/mol. The van der Waals surface area contributed by atoms with Crippen LogP contribution < -0.4 is 25.8 Å². The first-order valence-electron chi connectivity index (χ1n) is 10.3. The highest BCUT2D eigenvalue weighted by atomic mass is 79.9. The number of halogens is 1. The summed E-state index contributed by atoms with van der Waals surface area (Å²) in [5, 5.41) is 14.7. The molecule has 0 aliphatic carbocycles. The SMILES string of the molecule is CCCCCC(=O)O.COc1cc(OC)c(NC(=S)Nc2ccc(CC(N)=O)cc2)cc1Br. The summed E-state index contributed by atoms with van der Waals surface area (Å²) >= 11 is 8.77. The third-order valence-electron chi connectivity index (χ3n) is 4.31. The largest absolute Gasteiger partial charge is 0.495 e. The maximum absolute atomic E-state index is 10.9. The number of carbonyl (C=O) groups excluding carboxylic acids is 1. The molecule has 0 bridgehead atoms. The number of primary amides is 1. The fourth-order valence-corrected chi connectivity index (χ4v) is 3.41. The van der Waals surface area contributed by atoms with Gasteiger partial charge in [-0.15, -0.1) is 0 Å². The Balaban J connectivity index is 0.000000582. The van der Waals surface area contributed by atoms with Crippen molar-refractivity contribution in [2.75, 3.05) is 24.9 Å². The predicted molar refractivity (Wildman–Crippen MR) is 138 cm³/mol. The predicted octanol–water partition coefficient (Wildman–Crippen LogP) is 4.95. The van der Waals surface area contributed by atoms with Crippen molar-refractivity contribution in [3.05, 3.63) is 46.4 Å². The number of thiocarbonyl (C=S) groups is 1. The molecule has 0 heterocycles. The first-order valence-corrected chi connectivity index (χ1v) is 11.5. The highest BCUT2D eigenvalue weighted by Crippen LogP contribution is 2.36. The van der Waals surface area contributed by atoms with Crippen LogP contribution in [0.15, 0.2) is 40.9 Å². The van der Waals surface area contributed by atoms with Gasteiger partial charge in [0.05, 0.1) is 30.8 Å². The molecular weight excluding hydrogens is 510 g/mol. The van der Waals surface area contributed by atoms with E-state index >= 15 is 0 Å². The van der Waals surface area contributed by atoms with Crippen LogP contribution in [0.1, 0.15) is 38.2 Å². The molecule has 2 rings (SSSR count). The summed E-state index contributed by atoms with van der Waals surface area (Å²) in [6.07, 6.45) is 3.49. The van der Waals surface area contributed by atoms with Crippen molar-refractivity contribution in [2.24, 2.45) is 5.73 Å². The van der Waals surface area contributed by atoms with Crippen LogP contribution in [0.25, 0.3) is 0 Å². The van der Waals surface area contributed by atoms with Crippen LogP contribution in [0.5, 0.6) is 11.5 Å². The van der Waals surface area contributed by atoms with Crippen molar-refractivity contribution in [2.45, 2.75) is 39.0 Å². The summed E-state index contributed by atoms with van der Waals surface area (Å²) < 4.78 is 11.4. The van der Waals surface area contributed by atoms with E-state index in [9.17, 15) is 9.59 Å². The Bertz CT molecular complexity index is 938. The standard InChI is InChI=1S/C17H18BrN3O3S.C6H12O2/c1-23-14-9-15(24-2)13(8-12(14)18)21-17(25)20-11-5-3-10(4-6-11)7-16(19)22;1-2-3-4-5-6(7)8/h3-6,8-9H,7H2,1-2H3,(H2,19,22)(H2,20,21,25);2-5H2,1H3,(H,7,8). The average Bonchev–Trinajstić information content (AvgIpc) is 2.75. The highest BCUT2D eigenvalue weighted by molar-refractivity contribution is 9.10. The molecule has 0 aliphatic rings. The van der Waals surface area contributed by atoms with Crippen LogP contribution in [0.2, 0.25) is 0 Å². The second kappa shape index (κ2) is 15.1. The Hall–Kier alpha value is -2.85. The summed E-state index contributed by atoms with van der Waals surface area (Å²) in [4.78, 5) is 20.8. The highest BCUT2D eigenvalue weighted by Gasteiger charge is 2.11. The van der Waals surface area contributed by atoms with Crippen molar-refractivity contribution in [3.8, 4) is 11.5 Å². The second-order valence-corrected chi connectivity index (χ2v) is 8.22. The lowest BCUT2D eigenvalue weighted by Crippen LogP contribution is -2.19. The van der Waals surface area contributed by atoms with E-state index < -0.39 is 5.97 Å². The minimum atomic E-state index is -0.682. The molecule has 0 aromatic heterocycles. The number of carboxylic acids is 1. The summed E-state index contributed by atoms with van der Waals surface area (Å²) in [6, 6.07) is 10.9. The van der Waals surface area contributed by atoms with Crippen molar-refractivity contribution in [1.29, 1.82) is 0 Å². The van der Waals surface area contributed by atoms with Gasteiger partial charge >= 0.3 is 5.97 Å². The second-order valence-electron chi connectivity index (χ2n) is 6.96. The van der Waals surface area contributed by atoms with Crippen LogP contribution in [0.3, 0.4) is 0 Å². The topological polar surface area (TPSA) is 123 Å². The lowest BCUT2D eigenvalue weighted by Gasteiger charge is -2.15. The number of benzene rings is 2. The number of carboxylic acid groups (broad SMARTS) is 1. The molecule has 0 atom stereocenters. The Morgan fingerprint density at radius 1 is 1.06 bits per heavy atom. The fourth-order valence-electron chi connectivity index (χ4n) is 2.68. The summed E-state index contributed by atoms with van der Waals surface area (Å²) in [5.74, 6) is 0.209. The number of hydrogen-bond acceptors (Lipinski definition) is 5. The van der Waals surface area contributed by atoms with Crippen LogP contribution in [-0.2, 0) is 16.0 Å². The quantitative estimate of drug-likeness (QED) is 0.247. The van der Waals surface area contributed by atoms with E-state index in [0.29, 0.717) is 28.7 Å². The molecule has 0 aliphatic heterocycles. The van der Waals surface area contributed by atoms with Gasteiger partial charge in [0, 0.05) is 18.2 Å². The summed E-state index contributed by atoms with van der Waals surface area (Å²) in [5.41, 5.74) is 7.51. The maximum atomic E-state index is 10.9. The molecule has 33 heavy (non-hydrogen) atoms. The van der Waals surface area contributed by atoms with Crippen LogP contribution >= 0.6 is 28.1 Å². The molecular formula is C23H30BrN3O5S. The number of nitrogens with two attached hydrogens (primary N) is 1. The number of methoxy groups -OCH3 is 2. The van der Waals surface area contributed by atoms with Gasteiger partial charge in [-0.05, 0) is 58.3 Å². The molecule has 1 amide bonds. The van der Waals surface area contributed by atoms with E-state index in [4.69, 9.17) is 32.5 Å². The van der Waals surface area contributed by atoms with Crippen LogP contribution in [0.4, 0.5) is 11.4 Å². The minimum absolute atomic E-state index is 0.208. The van der Waals surface area contributed by atoms with Crippen molar-refractivity contribution in [1.82, 2.24) is 0 Å². The molecule has 2 aromatic carbocycles. The number of anilines is 2. The van der Waals surface area contributed by atoms with Gasteiger partial charge in [0.25, 0.3) is 0 Å². The van der Waals surface area contributed by atoms with Gasteiger partial charge in [0.2, 0.25) is 5.91 Å². The van der Waals surface area contributed by atoms with Crippen molar-refractivity contribution < 1.29 is 24.2 Å². The Morgan fingerprint density at radius 2 is 1.70 bits per heavy atom. The zero-order valence-corrected chi connectivity index (χ0v) is 21.3. The summed E-state index contributed by atoms with van der Waals surface area (Å²) in [7, 11) is 3.16. The molecule has 0 fully saturated rings. The van der Waals surface area contributed by atoms with Gasteiger partial charge in [-0.1, -0.05) is 31.9 Å². The van der Waals surface area contributed by atoms with Crippen molar-refractivity contribution in [3.63, 3.8) is 0 Å². The molecule has 8 nitrogen and oxygen atoms in total. The average molecular weight is 540 g/mol. The van der Waals surface area contributed by atoms with E-state index in [-0.39, 0.29) is 12.3 Å². The van der Waals surface area contributed by atoms with Gasteiger partial charge in [0.1, 0.15) is 11.5 Å². The number of hydrogen-bond donors (Lipinski definition) is 4. The van der Waals surface area contributed by atoms with Gasteiger partial charge in [0.15, 0.2) is 5.11 Å². The van der Waals surface area contributed by atoms with E-state index in [1.807, 2.05) is 30.3 Å². The lowest BCUT2D eigenvalue weighted by atomic mass is 10.1. The van der Waals surface area contributed by atoms with Crippen LogP contribution in [0, 0.1) is 0 Å². The molecule has 0 saturated heterocycles. The first kappa shape index (κ1) is 28.2. The van der Waals surface area contributed by atoms with E-state index in [1.54, 1.807) is 20.3 Å². The van der Waals surface area contributed by atoms with Gasteiger partial charge < -0.3 is 30.9 Å². The minimum Gasteiger partial charge on any atom is -0.495 e. The third kappa shape index (κ3) is 11.0. The molecule has 0 spiro atoms. The number of amides is 1. The first-order chi connectivity index (χ1) is 15.7. The smallest absolute Gasteiger partial charge is 0.303 e. The maximum Gasteiger partial charge on any atom is 0.303 e. The van der Waals surface area contributed by atoms with Crippen LogP contribution in [-0.4, -0.2) is 36.3 Å². The molecule has 2 aromatic rings. The number of nitrogens with one attached hydrogen (secondary N) is 2. The molecule has 5 N–H and O–H groups in total. The zero-order chi connectivity index (χ0) is 24.8. The van der Waals surface area contributed by atoms with Crippen molar-refractivity contribution >= 4 is 56.5 Å². The normalized spacial score (nSPS) is 9.82. The van der Waals surface area contributed by atoms with Gasteiger partial charge in [-0.2, -0.15) is 0 Å². The van der Waals surface area contributed by atoms with Gasteiger partial charge in [-0.3, -0.25) is 9.59 Å². The zero-order valence-electron chi connectivity index (χ0n) is 18.9. The van der Waals surface area contributed by atoms with E-state index in [0.717, 1.165) is 35.0 Å². The summed E-state index contributed by atoms with van der Waals surface area (Å²) in [6.45, 7) is 2.06. The fraction of sp³-hybridized carbons (Fsp3) is 0.348. The number of unbranched alkanes of at least 4 members (excludes halogenated alkanes) is 2. The van der Waals surface area contributed by atoms with Gasteiger partial charge in [-0.25, -0.2) is 0 Å². The molecule has 0 radical (unpaired) electrons. The van der Waals surface area contributed by atoms with E-state index in [2.05, 4.69) is 33.5 Å². The van der Waals surface area contributed by atoms with E-state index in [1.165, 1.54) is 0 Å². The molecule has 0 unspecified atom stereocenters.